The molecule has 0 radical (unpaired) electrons. The average Bonchev–Trinajstić information content (AvgIpc) is 2.93. The van der Waals surface area contributed by atoms with Crippen LogP contribution in [0.5, 0.6) is 0 Å². The molecule has 0 aliphatic carbocycles. The normalized spacial score (nSPS) is 11.7. The number of rotatable bonds is 5. The van der Waals surface area contributed by atoms with Gasteiger partial charge in [-0.15, -0.1) is 0 Å². The number of nitrogens with one attached hydrogen (secondary N) is 1. The molecule has 21 heavy (non-hydrogen) atoms. The van der Waals surface area contributed by atoms with Gasteiger partial charge >= 0.3 is 5.97 Å². The topological polar surface area (TPSA) is 81.2 Å². The van der Waals surface area contributed by atoms with Crippen LogP contribution in [0.3, 0.4) is 0 Å². The molecule has 0 saturated heterocycles. The Morgan fingerprint density at radius 3 is 2.67 bits per heavy atom. The van der Waals surface area contributed by atoms with E-state index in [0.29, 0.717) is 12.1 Å². The fourth-order valence-electron chi connectivity index (χ4n) is 1.80. The number of ether oxygens (including phenoxy) is 1. The first-order valence-corrected chi connectivity index (χ1v) is 7.08. The third-order valence-electron chi connectivity index (χ3n) is 2.84. The Balaban J connectivity index is 2.09. The van der Waals surface area contributed by atoms with Crippen molar-refractivity contribution in [3.63, 3.8) is 0 Å². The van der Waals surface area contributed by atoms with Gasteiger partial charge in [0.25, 0.3) is 5.91 Å². The molecule has 110 valence electrons. The van der Waals surface area contributed by atoms with Crippen molar-refractivity contribution in [2.24, 2.45) is 0 Å². The lowest BCUT2D eigenvalue weighted by Gasteiger charge is -2.15. The molecule has 2 rings (SSSR count). The quantitative estimate of drug-likeness (QED) is 0.844. The van der Waals surface area contributed by atoms with Crippen LogP contribution in [0.15, 0.2) is 30.6 Å². The zero-order chi connectivity index (χ0) is 15.2. The van der Waals surface area contributed by atoms with Gasteiger partial charge in [-0.25, -0.2) is 4.79 Å². The van der Waals surface area contributed by atoms with Crippen molar-refractivity contribution in [2.45, 2.75) is 19.4 Å². The number of aryl methyl sites for hydroxylation is 1. The lowest BCUT2D eigenvalue weighted by atomic mass is 10.1. The summed E-state index contributed by atoms with van der Waals surface area (Å²) < 4.78 is 8.77. The molecule has 2 aromatic heterocycles. The van der Waals surface area contributed by atoms with E-state index in [1.165, 1.54) is 18.6 Å². The number of carbonyl (C=O) groups is 2. The molecule has 0 aliphatic heterocycles. The summed E-state index contributed by atoms with van der Waals surface area (Å²) in [5.74, 6) is -0.879. The minimum atomic E-state index is -0.757. The summed E-state index contributed by atoms with van der Waals surface area (Å²) in [6, 6.07) is 4.50. The largest absolute Gasteiger partial charge is 0.467 e. The van der Waals surface area contributed by atoms with Crippen LogP contribution in [0.4, 0.5) is 0 Å². The SMILES string of the molecule is COC(=O)C(Cc1ccncc1)NC(=O)c1cc(C)sn1. The molecule has 0 bridgehead atoms. The molecular formula is C14H15N3O3S. The van der Waals surface area contributed by atoms with Crippen LogP contribution in [-0.2, 0) is 16.0 Å². The molecule has 1 N–H and O–H groups in total. The number of methoxy groups -OCH3 is 1. The van der Waals surface area contributed by atoms with Gasteiger partial charge in [0.15, 0.2) is 0 Å². The van der Waals surface area contributed by atoms with E-state index in [4.69, 9.17) is 4.74 Å². The van der Waals surface area contributed by atoms with Crippen LogP contribution in [0, 0.1) is 6.92 Å². The number of carbonyl (C=O) groups excluding carboxylic acids is 2. The Morgan fingerprint density at radius 2 is 2.10 bits per heavy atom. The van der Waals surface area contributed by atoms with E-state index in [-0.39, 0.29) is 5.91 Å². The summed E-state index contributed by atoms with van der Waals surface area (Å²) in [5.41, 5.74) is 1.19. The molecule has 0 spiro atoms. The summed E-state index contributed by atoms with van der Waals surface area (Å²) in [6.45, 7) is 1.86. The van der Waals surface area contributed by atoms with Crippen molar-refractivity contribution in [1.29, 1.82) is 0 Å². The minimum absolute atomic E-state index is 0.307. The van der Waals surface area contributed by atoms with Crippen LogP contribution >= 0.6 is 11.5 Å². The monoisotopic (exact) mass is 305 g/mol. The number of nitrogens with zero attached hydrogens (tertiary/aromatic N) is 2. The minimum Gasteiger partial charge on any atom is -0.467 e. The van der Waals surface area contributed by atoms with E-state index in [2.05, 4.69) is 14.7 Å². The van der Waals surface area contributed by atoms with Crippen LogP contribution < -0.4 is 5.32 Å². The molecule has 1 amide bonds. The van der Waals surface area contributed by atoms with Crippen molar-refractivity contribution in [3.8, 4) is 0 Å². The predicted molar refractivity (Wildman–Crippen MR) is 78.1 cm³/mol. The molecule has 0 fully saturated rings. The number of hydrogen-bond donors (Lipinski definition) is 1. The fraction of sp³-hybridized carbons (Fsp3) is 0.286. The lowest BCUT2D eigenvalue weighted by Crippen LogP contribution is -2.43. The van der Waals surface area contributed by atoms with Gasteiger partial charge in [-0.05, 0) is 42.2 Å². The van der Waals surface area contributed by atoms with Crippen LogP contribution in [0.1, 0.15) is 20.9 Å². The molecule has 0 saturated carbocycles. The van der Waals surface area contributed by atoms with Gasteiger partial charge < -0.3 is 10.1 Å². The Bertz CT molecular complexity index is 627. The number of aromatic nitrogens is 2. The van der Waals surface area contributed by atoms with Crippen molar-refractivity contribution >= 4 is 23.4 Å². The van der Waals surface area contributed by atoms with Crippen molar-refractivity contribution in [2.75, 3.05) is 7.11 Å². The standard InChI is InChI=1S/C14H15N3O3S/c1-9-7-11(17-21-9)13(18)16-12(14(19)20-2)8-10-3-5-15-6-4-10/h3-7,12H,8H2,1-2H3,(H,16,18). The number of amides is 1. The zero-order valence-corrected chi connectivity index (χ0v) is 12.5. The molecule has 2 heterocycles. The summed E-state index contributed by atoms with van der Waals surface area (Å²) in [5, 5.41) is 2.66. The second-order valence-electron chi connectivity index (χ2n) is 4.43. The maximum absolute atomic E-state index is 12.1. The first kappa shape index (κ1) is 15.1. The Morgan fingerprint density at radius 1 is 1.38 bits per heavy atom. The van der Waals surface area contributed by atoms with Crippen molar-refractivity contribution in [3.05, 3.63) is 46.7 Å². The molecule has 7 heteroatoms. The van der Waals surface area contributed by atoms with E-state index in [9.17, 15) is 9.59 Å². The molecular weight excluding hydrogens is 290 g/mol. The average molecular weight is 305 g/mol. The van der Waals surface area contributed by atoms with E-state index < -0.39 is 12.0 Å². The molecule has 0 aromatic carbocycles. The van der Waals surface area contributed by atoms with E-state index in [1.54, 1.807) is 30.6 Å². The lowest BCUT2D eigenvalue weighted by molar-refractivity contribution is -0.142. The van der Waals surface area contributed by atoms with E-state index in [0.717, 1.165) is 10.4 Å². The molecule has 1 atom stereocenters. The highest BCUT2D eigenvalue weighted by molar-refractivity contribution is 7.05. The highest BCUT2D eigenvalue weighted by Gasteiger charge is 2.23. The molecule has 2 aromatic rings. The maximum Gasteiger partial charge on any atom is 0.328 e. The Labute approximate surface area is 126 Å². The Kier molecular flexibility index (Phi) is 4.99. The fourth-order valence-corrected chi connectivity index (χ4v) is 2.34. The highest BCUT2D eigenvalue weighted by atomic mass is 32.1. The van der Waals surface area contributed by atoms with E-state index >= 15 is 0 Å². The van der Waals surface area contributed by atoms with Gasteiger partial charge in [-0.2, -0.15) is 4.37 Å². The van der Waals surface area contributed by atoms with Gasteiger partial charge in [0.2, 0.25) is 0 Å². The molecule has 6 nitrogen and oxygen atoms in total. The van der Waals surface area contributed by atoms with Gasteiger partial charge in [0, 0.05) is 23.7 Å². The highest BCUT2D eigenvalue weighted by Crippen LogP contribution is 2.09. The zero-order valence-electron chi connectivity index (χ0n) is 11.7. The number of pyridine rings is 1. The van der Waals surface area contributed by atoms with Gasteiger partial charge in [-0.3, -0.25) is 9.78 Å². The summed E-state index contributed by atoms with van der Waals surface area (Å²) in [7, 11) is 1.29. The van der Waals surface area contributed by atoms with E-state index in [1.807, 2.05) is 6.92 Å². The van der Waals surface area contributed by atoms with Crippen molar-refractivity contribution < 1.29 is 14.3 Å². The first-order chi connectivity index (χ1) is 10.1. The molecule has 0 aliphatic rings. The second-order valence-corrected chi connectivity index (χ2v) is 5.44. The number of hydrogen-bond acceptors (Lipinski definition) is 6. The van der Waals surface area contributed by atoms with Crippen LogP contribution in [0.25, 0.3) is 0 Å². The summed E-state index contributed by atoms with van der Waals surface area (Å²) >= 11 is 1.24. The van der Waals surface area contributed by atoms with Crippen LogP contribution in [0.2, 0.25) is 0 Å². The summed E-state index contributed by atoms with van der Waals surface area (Å²) in [6.07, 6.45) is 3.61. The maximum atomic E-state index is 12.1. The third-order valence-corrected chi connectivity index (χ3v) is 3.53. The predicted octanol–water partition coefficient (Wildman–Crippen LogP) is 1.36. The van der Waals surface area contributed by atoms with Gasteiger partial charge in [-0.1, -0.05) is 0 Å². The van der Waals surface area contributed by atoms with Crippen LogP contribution in [-0.4, -0.2) is 34.4 Å². The van der Waals surface area contributed by atoms with Gasteiger partial charge in [0.1, 0.15) is 11.7 Å². The Hall–Kier alpha value is -2.28. The summed E-state index contributed by atoms with van der Waals surface area (Å²) in [4.78, 5) is 28.8. The molecule has 1 unspecified atom stereocenters. The second kappa shape index (κ2) is 6.94. The van der Waals surface area contributed by atoms with Gasteiger partial charge in [0.05, 0.1) is 7.11 Å². The van der Waals surface area contributed by atoms with Crippen molar-refractivity contribution in [1.82, 2.24) is 14.7 Å². The first-order valence-electron chi connectivity index (χ1n) is 6.31. The number of esters is 1. The smallest absolute Gasteiger partial charge is 0.328 e. The third kappa shape index (κ3) is 4.09.